The van der Waals surface area contributed by atoms with Gasteiger partial charge in [-0.15, -0.1) is 0 Å². The normalized spacial score (nSPS) is 13.6. The molecule has 4 rings (SSSR count). The topological polar surface area (TPSA) is 67.2 Å². The van der Waals surface area contributed by atoms with E-state index in [1.165, 1.54) is 16.7 Å². The standard InChI is InChI=1S/C24H25FN4O2/c1-3-28-13-12-21-19(14-28)24(31)29(23(27-21)17-8-10-18(25)11-9-17)15-22(30)26-20-7-5-4-6-16(20)2/h4-11H,3,12-15H2,1-2H3,(H,26,30). The van der Waals surface area contributed by atoms with Crippen molar-refractivity contribution in [1.29, 1.82) is 0 Å². The third kappa shape index (κ3) is 4.41. The van der Waals surface area contributed by atoms with Crippen LogP contribution in [0.25, 0.3) is 11.4 Å². The van der Waals surface area contributed by atoms with Crippen LogP contribution < -0.4 is 10.9 Å². The molecular formula is C24H25FN4O2. The average molecular weight is 420 g/mol. The molecule has 1 N–H and O–H groups in total. The van der Waals surface area contributed by atoms with Crippen molar-refractivity contribution in [2.75, 3.05) is 18.4 Å². The van der Waals surface area contributed by atoms with Gasteiger partial charge >= 0.3 is 0 Å². The number of halogens is 1. The summed E-state index contributed by atoms with van der Waals surface area (Å²) in [5.74, 6) is -0.301. The Bertz CT molecular complexity index is 1170. The average Bonchev–Trinajstić information content (AvgIpc) is 2.77. The molecule has 0 saturated carbocycles. The fourth-order valence-electron chi connectivity index (χ4n) is 3.85. The molecule has 2 aromatic carbocycles. The zero-order chi connectivity index (χ0) is 22.0. The van der Waals surface area contributed by atoms with E-state index in [0.29, 0.717) is 35.6 Å². The fourth-order valence-corrected chi connectivity index (χ4v) is 3.85. The number of rotatable bonds is 5. The van der Waals surface area contributed by atoms with Crippen LogP contribution >= 0.6 is 0 Å². The number of nitrogens with one attached hydrogen (secondary N) is 1. The Morgan fingerprint density at radius 2 is 1.90 bits per heavy atom. The number of carbonyl (C=O) groups excluding carboxylic acids is 1. The molecule has 1 aromatic heterocycles. The Hall–Kier alpha value is -3.32. The summed E-state index contributed by atoms with van der Waals surface area (Å²) < 4.78 is 14.9. The number of anilines is 1. The van der Waals surface area contributed by atoms with Gasteiger partial charge in [0.15, 0.2) is 0 Å². The molecule has 0 unspecified atom stereocenters. The number of aromatic nitrogens is 2. The number of likely N-dealkylation sites (N-methyl/N-ethyl adjacent to an activating group) is 1. The number of fused-ring (bicyclic) bond motifs is 1. The number of nitrogens with zero attached hydrogens (tertiary/aromatic N) is 3. The Labute approximate surface area is 180 Å². The molecular weight excluding hydrogens is 395 g/mol. The smallest absolute Gasteiger partial charge is 0.259 e. The van der Waals surface area contributed by atoms with E-state index in [2.05, 4.69) is 17.1 Å². The van der Waals surface area contributed by atoms with Crippen molar-refractivity contribution in [3.8, 4) is 11.4 Å². The second-order valence-electron chi connectivity index (χ2n) is 7.74. The third-order valence-electron chi connectivity index (χ3n) is 5.67. The highest BCUT2D eigenvalue weighted by Gasteiger charge is 2.24. The van der Waals surface area contributed by atoms with Crippen molar-refractivity contribution >= 4 is 11.6 Å². The maximum absolute atomic E-state index is 13.5. The first-order valence-corrected chi connectivity index (χ1v) is 10.4. The van der Waals surface area contributed by atoms with Crippen LogP contribution in [0.4, 0.5) is 10.1 Å². The van der Waals surface area contributed by atoms with Crippen LogP contribution in [0, 0.1) is 12.7 Å². The van der Waals surface area contributed by atoms with Crippen LogP contribution in [0.2, 0.25) is 0 Å². The molecule has 0 aliphatic carbocycles. The van der Waals surface area contributed by atoms with Gasteiger partial charge in [0.2, 0.25) is 5.91 Å². The van der Waals surface area contributed by atoms with Crippen molar-refractivity contribution in [2.24, 2.45) is 0 Å². The van der Waals surface area contributed by atoms with E-state index in [1.807, 2.05) is 31.2 Å². The van der Waals surface area contributed by atoms with E-state index in [9.17, 15) is 14.0 Å². The molecule has 160 valence electrons. The lowest BCUT2D eigenvalue weighted by atomic mass is 10.1. The number of hydrogen-bond donors (Lipinski definition) is 1. The summed E-state index contributed by atoms with van der Waals surface area (Å²) in [4.78, 5) is 33.2. The largest absolute Gasteiger partial charge is 0.324 e. The lowest BCUT2D eigenvalue weighted by molar-refractivity contribution is -0.116. The molecule has 1 aliphatic heterocycles. The summed E-state index contributed by atoms with van der Waals surface area (Å²) in [6.07, 6.45) is 0.669. The summed E-state index contributed by atoms with van der Waals surface area (Å²) in [7, 11) is 0. The SMILES string of the molecule is CCN1CCc2nc(-c3ccc(F)cc3)n(CC(=O)Nc3ccccc3C)c(=O)c2C1. The van der Waals surface area contributed by atoms with Crippen LogP contribution in [0.1, 0.15) is 23.7 Å². The van der Waals surface area contributed by atoms with Crippen LogP contribution in [-0.2, 0) is 24.3 Å². The highest BCUT2D eigenvalue weighted by Crippen LogP contribution is 2.22. The van der Waals surface area contributed by atoms with Crippen molar-refractivity contribution < 1.29 is 9.18 Å². The van der Waals surface area contributed by atoms with Crippen LogP contribution in [-0.4, -0.2) is 33.4 Å². The molecule has 2 heterocycles. The minimum atomic E-state index is -0.369. The highest BCUT2D eigenvalue weighted by atomic mass is 19.1. The number of para-hydroxylation sites is 1. The molecule has 0 atom stereocenters. The lowest BCUT2D eigenvalue weighted by Gasteiger charge is -2.27. The Morgan fingerprint density at radius 3 is 2.61 bits per heavy atom. The minimum Gasteiger partial charge on any atom is -0.324 e. The van der Waals surface area contributed by atoms with Gasteiger partial charge in [-0.2, -0.15) is 0 Å². The molecule has 1 aliphatic rings. The summed E-state index contributed by atoms with van der Waals surface area (Å²) in [5.41, 5.74) is 3.40. The molecule has 1 amide bonds. The van der Waals surface area contributed by atoms with Gasteiger partial charge in [0.25, 0.3) is 5.56 Å². The first-order chi connectivity index (χ1) is 15.0. The Balaban J connectivity index is 1.75. The van der Waals surface area contributed by atoms with E-state index in [0.717, 1.165) is 24.3 Å². The van der Waals surface area contributed by atoms with Gasteiger partial charge in [-0.3, -0.25) is 19.1 Å². The van der Waals surface area contributed by atoms with Gasteiger partial charge < -0.3 is 5.32 Å². The van der Waals surface area contributed by atoms with E-state index >= 15 is 0 Å². The minimum absolute atomic E-state index is 0.174. The predicted octanol–water partition coefficient (Wildman–Crippen LogP) is 3.37. The van der Waals surface area contributed by atoms with Gasteiger partial charge in [0.1, 0.15) is 18.2 Å². The summed E-state index contributed by atoms with van der Waals surface area (Å²) in [5, 5.41) is 2.88. The summed E-state index contributed by atoms with van der Waals surface area (Å²) in [6.45, 7) is 5.97. The van der Waals surface area contributed by atoms with Crippen molar-refractivity contribution in [3.05, 3.63) is 81.5 Å². The first kappa shape index (κ1) is 20.9. The number of amides is 1. The van der Waals surface area contributed by atoms with Gasteiger partial charge in [-0.05, 0) is 49.4 Å². The number of carbonyl (C=O) groups is 1. The van der Waals surface area contributed by atoms with Gasteiger partial charge in [-0.1, -0.05) is 25.1 Å². The molecule has 0 bridgehead atoms. The summed E-state index contributed by atoms with van der Waals surface area (Å²) >= 11 is 0. The quantitative estimate of drug-likeness (QED) is 0.687. The van der Waals surface area contributed by atoms with E-state index < -0.39 is 0 Å². The third-order valence-corrected chi connectivity index (χ3v) is 5.67. The van der Waals surface area contributed by atoms with Crippen LogP contribution in [0.15, 0.2) is 53.3 Å². The number of hydrogen-bond acceptors (Lipinski definition) is 4. The number of aryl methyl sites for hydroxylation is 1. The first-order valence-electron chi connectivity index (χ1n) is 10.4. The number of benzene rings is 2. The monoisotopic (exact) mass is 420 g/mol. The van der Waals surface area contributed by atoms with Crippen molar-refractivity contribution in [1.82, 2.24) is 14.5 Å². The zero-order valence-corrected chi connectivity index (χ0v) is 17.7. The summed E-state index contributed by atoms with van der Waals surface area (Å²) in [6, 6.07) is 13.3. The molecule has 7 heteroatoms. The van der Waals surface area contributed by atoms with Crippen molar-refractivity contribution in [3.63, 3.8) is 0 Å². The van der Waals surface area contributed by atoms with E-state index in [4.69, 9.17) is 4.98 Å². The fraction of sp³-hybridized carbons (Fsp3) is 0.292. The maximum atomic E-state index is 13.5. The molecule has 31 heavy (non-hydrogen) atoms. The van der Waals surface area contributed by atoms with Crippen LogP contribution in [0.3, 0.4) is 0 Å². The molecule has 0 radical (unpaired) electrons. The van der Waals surface area contributed by atoms with Crippen LogP contribution in [0.5, 0.6) is 0 Å². The van der Waals surface area contributed by atoms with E-state index in [1.54, 1.807) is 12.1 Å². The van der Waals surface area contributed by atoms with Gasteiger partial charge in [-0.25, -0.2) is 9.37 Å². The molecule has 3 aromatic rings. The predicted molar refractivity (Wildman–Crippen MR) is 118 cm³/mol. The van der Waals surface area contributed by atoms with Crippen molar-refractivity contribution in [2.45, 2.75) is 33.4 Å². The lowest BCUT2D eigenvalue weighted by Crippen LogP contribution is -2.39. The molecule has 0 fully saturated rings. The molecule has 6 nitrogen and oxygen atoms in total. The van der Waals surface area contributed by atoms with Gasteiger partial charge in [0.05, 0.1) is 11.3 Å². The van der Waals surface area contributed by atoms with Gasteiger partial charge in [0, 0.05) is 30.8 Å². The Kier molecular flexibility index (Phi) is 5.95. The van der Waals surface area contributed by atoms with E-state index in [-0.39, 0.29) is 23.8 Å². The molecule has 0 spiro atoms. The maximum Gasteiger partial charge on any atom is 0.259 e. The molecule has 0 saturated heterocycles. The second-order valence-corrected chi connectivity index (χ2v) is 7.74. The Morgan fingerprint density at radius 1 is 1.16 bits per heavy atom. The second kappa shape index (κ2) is 8.81. The zero-order valence-electron chi connectivity index (χ0n) is 17.7. The highest BCUT2D eigenvalue weighted by molar-refractivity contribution is 5.91.